The van der Waals surface area contributed by atoms with Gasteiger partial charge in [-0.15, -0.1) is 0 Å². The highest BCUT2D eigenvalue weighted by atomic mass is 35.5. The molecule has 1 heterocycles. The largest absolute Gasteiger partial charge is 0.484 e. The van der Waals surface area contributed by atoms with Crippen molar-refractivity contribution in [3.63, 3.8) is 0 Å². The maximum atomic E-state index is 12.5. The van der Waals surface area contributed by atoms with Gasteiger partial charge in [0.25, 0.3) is 5.91 Å². The molecule has 6 nitrogen and oxygen atoms in total. The van der Waals surface area contributed by atoms with Gasteiger partial charge in [0.15, 0.2) is 6.61 Å². The molecule has 142 valence electrons. The van der Waals surface area contributed by atoms with Crippen LogP contribution in [0.3, 0.4) is 0 Å². The van der Waals surface area contributed by atoms with Gasteiger partial charge in [-0.25, -0.2) is 0 Å². The molecule has 2 atom stereocenters. The van der Waals surface area contributed by atoms with Gasteiger partial charge >= 0.3 is 5.97 Å². The number of amides is 1. The summed E-state index contributed by atoms with van der Waals surface area (Å²) in [7, 11) is 0. The van der Waals surface area contributed by atoms with Crippen LogP contribution >= 0.6 is 23.2 Å². The van der Waals surface area contributed by atoms with Crippen molar-refractivity contribution >= 4 is 35.1 Å². The summed E-state index contributed by atoms with van der Waals surface area (Å²) in [6.45, 7) is 0.0845. The highest BCUT2D eigenvalue weighted by molar-refractivity contribution is 6.42. The molecule has 3 rings (SSSR count). The first kappa shape index (κ1) is 19.3. The summed E-state index contributed by atoms with van der Waals surface area (Å²) < 4.78 is 5.46. The second-order valence-corrected chi connectivity index (χ2v) is 7.91. The van der Waals surface area contributed by atoms with Crippen LogP contribution in [0.1, 0.15) is 25.7 Å². The zero-order valence-electron chi connectivity index (χ0n) is 14.2. The van der Waals surface area contributed by atoms with E-state index in [-0.39, 0.29) is 25.5 Å². The van der Waals surface area contributed by atoms with Crippen molar-refractivity contribution in [1.82, 2.24) is 4.90 Å². The van der Waals surface area contributed by atoms with Crippen molar-refractivity contribution < 1.29 is 24.5 Å². The summed E-state index contributed by atoms with van der Waals surface area (Å²) in [5.41, 5.74) is -1.29. The molecular formula is C18H21Cl2NO5. The first-order valence-corrected chi connectivity index (χ1v) is 9.34. The van der Waals surface area contributed by atoms with Gasteiger partial charge in [0.2, 0.25) is 0 Å². The van der Waals surface area contributed by atoms with Crippen molar-refractivity contribution in [2.75, 3.05) is 19.7 Å². The first-order chi connectivity index (χ1) is 12.3. The van der Waals surface area contributed by atoms with Crippen molar-refractivity contribution in [2.24, 2.45) is 11.3 Å². The Hall–Kier alpha value is -1.50. The number of carboxylic acids is 1. The van der Waals surface area contributed by atoms with E-state index in [1.807, 2.05) is 0 Å². The summed E-state index contributed by atoms with van der Waals surface area (Å²) in [5, 5.41) is 20.8. The molecule has 8 heteroatoms. The second-order valence-electron chi connectivity index (χ2n) is 7.09. The van der Waals surface area contributed by atoms with E-state index in [4.69, 9.17) is 27.9 Å². The van der Waals surface area contributed by atoms with Crippen molar-refractivity contribution in [3.05, 3.63) is 28.2 Å². The number of carbonyl (C=O) groups excluding carboxylic acids is 1. The Labute approximate surface area is 161 Å². The molecule has 2 N–H and O–H groups in total. The lowest BCUT2D eigenvalue weighted by Gasteiger charge is -2.43. The van der Waals surface area contributed by atoms with Crippen LogP contribution in [0.4, 0.5) is 0 Å². The Balaban J connectivity index is 1.65. The molecular weight excluding hydrogens is 381 g/mol. The van der Waals surface area contributed by atoms with E-state index in [1.54, 1.807) is 12.1 Å². The Morgan fingerprint density at radius 2 is 1.96 bits per heavy atom. The smallest absolute Gasteiger partial charge is 0.314 e. The van der Waals surface area contributed by atoms with Gasteiger partial charge in [-0.2, -0.15) is 0 Å². The molecule has 1 aliphatic heterocycles. The molecule has 1 aromatic carbocycles. The fourth-order valence-corrected chi connectivity index (χ4v) is 3.72. The Morgan fingerprint density at radius 3 is 2.58 bits per heavy atom. The van der Waals surface area contributed by atoms with Crippen molar-refractivity contribution in [1.29, 1.82) is 0 Å². The predicted octanol–water partition coefficient (Wildman–Crippen LogP) is 2.84. The molecule has 2 fully saturated rings. The number of aliphatic hydroxyl groups is 1. The van der Waals surface area contributed by atoms with Gasteiger partial charge in [-0.1, -0.05) is 36.0 Å². The number of piperidine rings is 1. The molecule has 2 aliphatic rings. The molecule has 0 bridgehead atoms. The number of carboxylic acid groups (broad SMARTS) is 1. The fraction of sp³-hybridized carbons (Fsp3) is 0.556. The van der Waals surface area contributed by atoms with Crippen LogP contribution in [0.25, 0.3) is 0 Å². The van der Waals surface area contributed by atoms with Gasteiger partial charge in [-0.3, -0.25) is 9.59 Å². The zero-order valence-corrected chi connectivity index (χ0v) is 15.7. The predicted molar refractivity (Wildman–Crippen MR) is 96.6 cm³/mol. The number of ether oxygens (including phenoxy) is 1. The zero-order chi connectivity index (χ0) is 18.9. The highest BCUT2D eigenvalue weighted by Gasteiger charge is 2.52. The summed E-state index contributed by atoms with van der Waals surface area (Å²) >= 11 is 11.8. The maximum Gasteiger partial charge on any atom is 0.314 e. The van der Waals surface area contributed by atoms with Crippen molar-refractivity contribution in [2.45, 2.75) is 31.8 Å². The fourth-order valence-electron chi connectivity index (χ4n) is 3.43. The number of aliphatic carboxylic acids is 1. The molecule has 0 radical (unpaired) electrons. The molecule has 1 saturated carbocycles. The van der Waals surface area contributed by atoms with Crippen LogP contribution < -0.4 is 4.74 Å². The number of nitrogens with zero attached hydrogens (tertiary/aromatic N) is 1. The Bertz CT molecular complexity index is 709. The number of hydrogen-bond donors (Lipinski definition) is 2. The van der Waals surface area contributed by atoms with E-state index in [0.717, 1.165) is 12.8 Å². The highest BCUT2D eigenvalue weighted by Crippen LogP contribution is 2.45. The number of benzene rings is 1. The van der Waals surface area contributed by atoms with Gasteiger partial charge in [0.1, 0.15) is 11.2 Å². The summed E-state index contributed by atoms with van der Waals surface area (Å²) in [6, 6.07) is 4.70. The molecule has 26 heavy (non-hydrogen) atoms. The lowest BCUT2D eigenvalue weighted by atomic mass is 9.73. The normalized spacial score (nSPS) is 25.8. The molecule has 1 saturated heterocycles. The van der Waals surface area contributed by atoms with E-state index in [2.05, 4.69) is 0 Å². The van der Waals surface area contributed by atoms with Crippen molar-refractivity contribution in [3.8, 4) is 5.75 Å². The third-order valence-electron chi connectivity index (χ3n) is 5.17. The number of rotatable bonds is 6. The number of aliphatic hydroxyl groups excluding tert-OH is 1. The van der Waals surface area contributed by atoms with Crippen LogP contribution in [0.15, 0.2) is 18.2 Å². The number of halogens is 2. The van der Waals surface area contributed by atoms with Crippen LogP contribution in [0.2, 0.25) is 10.0 Å². The van der Waals surface area contributed by atoms with E-state index >= 15 is 0 Å². The second kappa shape index (κ2) is 7.62. The molecule has 1 amide bonds. The van der Waals surface area contributed by atoms with E-state index in [0.29, 0.717) is 34.7 Å². The Kier molecular flexibility index (Phi) is 5.65. The topological polar surface area (TPSA) is 87.1 Å². The lowest BCUT2D eigenvalue weighted by Crippen LogP contribution is -2.58. The van der Waals surface area contributed by atoms with Gasteiger partial charge < -0.3 is 19.8 Å². The number of likely N-dealkylation sites (tertiary alicyclic amines) is 1. The van der Waals surface area contributed by atoms with Gasteiger partial charge in [0.05, 0.1) is 16.1 Å². The van der Waals surface area contributed by atoms with Crippen LogP contribution in [0, 0.1) is 11.3 Å². The van der Waals surface area contributed by atoms with E-state index in [9.17, 15) is 19.8 Å². The average Bonchev–Trinajstić information content (AvgIpc) is 3.41. The average molecular weight is 402 g/mol. The summed E-state index contributed by atoms with van der Waals surface area (Å²) in [4.78, 5) is 25.9. The van der Waals surface area contributed by atoms with Crippen LogP contribution in [-0.4, -0.2) is 52.8 Å². The molecule has 0 unspecified atom stereocenters. The van der Waals surface area contributed by atoms with Gasteiger partial charge in [0, 0.05) is 19.2 Å². The first-order valence-electron chi connectivity index (χ1n) is 8.59. The van der Waals surface area contributed by atoms with E-state index in [1.165, 1.54) is 11.0 Å². The van der Waals surface area contributed by atoms with Crippen LogP contribution in [-0.2, 0) is 9.59 Å². The Morgan fingerprint density at radius 1 is 1.23 bits per heavy atom. The molecule has 1 aromatic rings. The molecule has 0 spiro atoms. The third-order valence-corrected chi connectivity index (χ3v) is 5.90. The third kappa shape index (κ3) is 4.08. The SMILES string of the molecule is O=C(COc1ccc(Cl)c(Cl)c1)N1CC[C@H](O)[C@](CC2CC2)(C(=O)O)C1. The number of hydrogen-bond acceptors (Lipinski definition) is 4. The maximum absolute atomic E-state index is 12.5. The quantitative estimate of drug-likeness (QED) is 0.764. The van der Waals surface area contributed by atoms with Crippen LogP contribution in [0.5, 0.6) is 5.75 Å². The summed E-state index contributed by atoms with van der Waals surface area (Å²) in [5.74, 6) is -0.625. The number of carbonyl (C=O) groups is 2. The molecule has 0 aromatic heterocycles. The van der Waals surface area contributed by atoms with Gasteiger partial charge in [-0.05, 0) is 30.9 Å². The van der Waals surface area contributed by atoms with E-state index < -0.39 is 17.5 Å². The minimum Gasteiger partial charge on any atom is -0.484 e. The lowest BCUT2D eigenvalue weighted by molar-refractivity contribution is -0.167. The summed E-state index contributed by atoms with van der Waals surface area (Å²) in [6.07, 6.45) is 1.67. The standard InChI is InChI=1S/C18H21Cl2NO5/c19-13-4-3-12(7-14(13)20)26-9-16(23)21-6-5-15(22)18(10-21,17(24)25)8-11-1-2-11/h3-4,7,11,15,22H,1-2,5-6,8-10H2,(H,24,25)/t15-,18+/m0/s1. The minimum atomic E-state index is -1.29. The monoisotopic (exact) mass is 401 g/mol. The minimum absolute atomic E-state index is 0.00354. The molecule has 1 aliphatic carbocycles.